The number of carbonyl (C=O) groups is 2. The van der Waals surface area contributed by atoms with Gasteiger partial charge in [-0.15, -0.1) is 0 Å². The van der Waals surface area contributed by atoms with Gasteiger partial charge in [-0.05, 0) is 48.9 Å². The van der Waals surface area contributed by atoms with Gasteiger partial charge in [0.1, 0.15) is 6.10 Å². The van der Waals surface area contributed by atoms with Crippen LogP contribution in [-0.2, 0) is 27.1 Å². The normalized spacial score (nSPS) is 27.3. The van der Waals surface area contributed by atoms with Crippen LogP contribution in [0.2, 0.25) is 0 Å². The Hall–Kier alpha value is -2.81. The predicted molar refractivity (Wildman–Crippen MR) is 124 cm³/mol. The molecule has 0 unspecified atom stereocenters. The van der Waals surface area contributed by atoms with Gasteiger partial charge in [0.15, 0.2) is 0 Å². The zero-order chi connectivity index (χ0) is 23.5. The standard InChI is InChI=1S/C26H31N3O5/c30-21-14-29(26(32)17-7-9-27-10-8-17)23-6-5-22(34-24(23)16-33-15-21)13-25(31)28-20-11-18-3-1-2-4-19(18)12-20/h1-4,7-10,20-24,30H,5-6,11-16H2,(H,28,31)/t21-,22+,23-,24+/m1/s1. The van der Waals surface area contributed by atoms with Crippen LogP contribution < -0.4 is 5.32 Å². The van der Waals surface area contributed by atoms with Gasteiger partial charge in [0.2, 0.25) is 5.91 Å². The van der Waals surface area contributed by atoms with Gasteiger partial charge in [-0.2, -0.15) is 0 Å². The molecule has 34 heavy (non-hydrogen) atoms. The van der Waals surface area contributed by atoms with E-state index in [-0.39, 0.29) is 62.3 Å². The van der Waals surface area contributed by atoms with E-state index in [0.29, 0.717) is 18.4 Å². The largest absolute Gasteiger partial charge is 0.389 e. The maximum atomic E-state index is 13.2. The van der Waals surface area contributed by atoms with Crippen molar-refractivity contribution in [3.63, 3.8) is 0 Å². The highest BCUT2D eigenvalue weighted by Crippen LogP contribution is 2.29. The molecule has 0 spiro atoms. The SMILES string of the molecule is O=C(C[C@@H]1CC[C@@H]2[C@H](COC[C@H](O)CN2C(=O)c2ccncc2)O1)NC1Cc2ccccc2C1. The molecule has 8 heteroatoms. The number of benzene rings is 1. The Morgan fingerprint density at radius 3 is 2.53 bits per heavy atom. The number of nitrogens with zero attached hydrogens (tertiary/aromatic N) is 2. The number of hydrogen-bond acceptors (Lipinski definition) is 6. The van der Waals surface area contributed by atoms with E-state index in [0.717, 1.165) is 12.8 Å². The summed E-state index contributed by atoms with van der Waals surface area (Å²) in [7, 11) is 0. The summed E-state index contributed by atoms with van der Waals surface area (Å²) in [4.78, 5) is 31.7. The summed E-state index contributed by atoms with van der Waals surface area (Å²) in [6.07, 6.45) is 5.20. The van der Waals surface area contributed by atoms with Gasteiger partial charge in [-0.3, -0.25) is 14.6 Å². The van der Waals surface area contributed by atoms with E-state index in [9.17, 15) is 14.7 Å². The monoisotopic (exact) mass is 465 g/mol. The number of β-amino-alcohol motifs (C(OH)–C–C–N with tert-alkyl or cyclic N) is 1. The Morgan fingerprint density at radius 2 is 1.79 bits per heavy atom. The highest BCUT2D eigenvalue weighted by molar-refractivity contribution is 5.94. The topological polar surface area (TPSA) is 101 Å². The summed E-state index contributed by atoms with van der Waals surface area (Å²) >= 11 is 0. The van der Waals surface area contributed by atoms with Crippen molar-refractivity contribution in [1.82, 2.24) is 15.2 Å². The van der Waals surface area contributed by atoms with Gasteiger partial charge in [0.25, 0.3) is 5.91 Å². The predicted octanol–water partition coefficient (Wildman–Crippen LogP) is 1.50. The molecule has 3 aliphatic rings. The first-order valence-electron chi connectivity index (χ1n) is 12.0. The highest BCUT2D eigenvalue weighted by Gasteiger charge is 2.40. The van der Waals surface area contributed by atoms with E-state index >= 15 is 0 Å². The number of carbonyl (C=O) groups excluding carboxylic acids is 2. The van der Waals surface area contributed by atoms with Crippen LogP contribution in [0.3, 0.4) is 0 Å². The van der Waals surface area contributed by atoms with Crippen molar-refractivity contribution < 1.29 is 24.2 Å². The molecule has 1 aromatic heterocycles. The molecule has 2 saturated heterocycles. The number of amides is 2. The number of nitrogens with one attached hydrogen (secondary N) is 1. The molecular weight excluding hydrogens is 434 g/mol. The Labute approximate surface area is 199 Å². The van der Waals surface area contributed by atoms with Crippen LogP contribution in [0.5, 0.6) is 0 Å². The molecule has 0 radical (unpaired) electrons. The van der Waals surface area contributed by atoms with E-state index < -0.39 is 6.10 Å². The fourth-order valence-corrected chi connectivity index (χ4v) is 5.39. The lowest BCUT2D eigenvalue weighted by molar-refractivity contribution is -0.151. The van der Waals surface area contributed by atoms with E-state index in [1.165, 1.54) is 11.1 Å². The molecule has 2 aliphatic heterocycles. The molecule has 1 aliphatic carbocycles. The maximum Gasteiger partial charge on any atom is 0.254 e. The van der Waals surface area contributed by atoms with Crippen LogP contribution in [0, 0.1) is 0 Å². The number of fused-ring (bicyclic) bond motifs is 2. The second kappa shape index (κ2) is 10.2. The Bertz CT molecular complexity index is 992. The van der Waals surface area contributed by atoms with Gasteiger partial charge >= 0.3 is 0 Å². The number of ether oxygens (including phenoxy) is 2. The van der Waals surface area contributed by atoms with Crippen LogP contribution in [0.1, 0.15) is 40.7 Å². The third-order valence-electron chi connectivity index (χ3n) is 7.00. The fraction of sp³-hybridized carbons (Fsp3) is 0.500. The summed E-state index contributed by atoms with van der Waals surface area (Å²) in [6, 6.07) is 11.6. The van der Waals surface area contributed by atoms with E-state index in [1.807, 2.05) is 12.1 Å². The molecule has 8 nitrogen and oxygen atoms in total. The minimum absolute atomic E-state index is 0.00633. The first kappa shape index (κ1) is 23.0. The quantitative estimate of drug-likeness (QED) is 0.710. The lowest BCUT2D eigenvalue weighted by atomic mass is 9.94. The molecule has 2 N–H and O–H groups in total. The number of pyridine rings is 1. The van der Waals surface area contributed by atoms with Crippen LogP contribution in [0.25, 0.3) is 0 Å². The molecule has 2 aromatic rings. The summed E-state index contributed by atoms with van der Waals surface area (Å²) in [5.41, 5.74) is 3.14. The van der Waals surface area contributed by atoms with E-state index in [4.69, 9.17) is 9.47 Å². The molecule has 2 fully saturated rings. The zero-order valence-corrected chi connectivity index (χ0v) is 19.1. The summed E-state index contributed by atoms with van der Waals surface area (Å²) in [5.74, 6) is -0.160. The van der Waals surface area contributed by atoms with Gasteiger partial charge in [0, 0.05) is 30.5 Å². The molecule has 0 bridgehead atoms. The third-order valence-corrected chi connectivity index (χ3v) is 7.00. The van der Waals surface area contributed by atoms with Crippen molar-refractivity contribution in [2.45, 2.75) is 62.5 Å². The second-order valence-corrected chi connectivity index (χ2v) is 9.47. The van der Waals surface area contributed by atoms with Crippen LogP contribution in [0.4, 0.5) is 0 Å². The first-order valence-corrected chi connectivity index (χ1v) is 12.0. The summed E-state index contributed by atoms with van der Waals surface area (Å²) in [5, 5.41) is 13.5. The van der Waals surface area contributed by atoms with E-state index in [1.54, 1.807) is 29.4 Å². The number of hydrogen-bond donors (Lipinski definition) is 2. The van der Waals surface area contributed by atoms with E-state index in [2.05, 4.69) is 22.4 Å². The van der Waals surface area contributed by atoms with Crippen molar-refractivity contribution in [3.8, 4) is 0 Å². The number of rotatable bonds is 4. The zero-order valence-electron chi connectivity index (χ0n) is 19.1. The number of aromatic nitrogens is 1. The molecule has 1 aromatic carbocycles. The second-order valence-electron chi connectivity index (χ2n) is 9.47. The first-order chi connectivity index (χ1) is 16.6. The average molecular weight is 466 g/mol. The molecular formula is C26H31N3O5. The van der Waals surface area contributed by atoms with Crippen molar-refractivity contribution >= 4 is 11.8 Å². The number of aliphatic hydroxyl groups excluding tert-OH is 1. The van der Waals surface area contributed by atoms with Gasteiger partial charge < -0.3 is 24.8 Å². The molecule has 180 valence electrons. The van der Waals surface area contributed by atoms with Gasteiger partial charge in [0.05, 0.1) is 37.9 Å². The molecule has 4 atom stereocenters. The summed E-state index contributed by atoms with van der Waals surface area (Å²) < 4.78 is 12.0. The maximum absolute atomic E-state index is 13.2. The van der Waals surface area contributed by atoms with Crippen molar-refractivity contribution in [1.29, 1.82) is 0 Å². The minimum atomic E-state index is -0.759. The average Bonchev–Trinajstić information content (AvgIpc) is 3.24. The molecule has 3 heterocycles. The minimum Gasteiger partial charge on any atom is -0.389 e. The Balaban J connectivity index is 1.20. The molecule has 5 rings (SSSR count). The van der Waals surface area contributed by atoms with Gasteiger partial charge in [-0.25, -0.2) is 0 Å². The van der Waals surface area contributed by atoms with Crippen molar-refractivity contribution in [3.05, 3.63) is 65.5 Å². The third kappa shape index (κ3) is 5.14. The molecule has 2 amide bonds. The van der Waals surface area contributed by atoms with Crippen LogP contribution >= 0.6 is 0 Å². The lowest BCUT2D eigenvalue weighted by Crippen LogP contribution is -2.57. The van der Waals surface area contributed by atoms with Crippen molar-refractivity contribution in [2.75, 3.05) is 19.8 Å². The lowest BCUT2D eigenvalue weighted by Gasteiger charge is -2.44. The van der Waals surface area contributed by atoms with Crippen LogP contribution in [-0.4, -0.2) is 77.0 Å². The number of aliphatic hydroxyl groups is 1. The van der Waals surface area contributed by atoms with Crippen molar-refractivity contribution in [2.24, 2.45) is 0 Å². The smallest absolute Gasteiger partial charge is 0.254 e. The summed E-state index contributed by atoms with van der Waals surface area (Å²) in [6.45, 7) is 0.594. The fourth-order valence-electron chi connectivity index (χ4n) is 5.39. The Kier molecular flexibility index (Phi) is 6.89. The highest BCUT2D eigenvalue weighted by atomic mass is 16.5. The van der Waals surface area contributed by atoms with Crippen LogP contribution in [0.15, 0.2) is 48.8 Å². The molecule has 0 saturated carbocycles. The Morgan fingerprint density at radius 1 is 1.06 bits per heavy atom. The van der Waals surface area contributed by atoms with Gasteiger partial charge in [-0.1, -0.05) is 24.3 Å².